The molecule has 20 heavy (non-hydrogen) atoms. The summed E-state index contributed by atoms with van der Waals surface area (Å²) in [5, 5.41) is 5.25. The van der Waals surface area contributed by atoms with E-state index in [1.807, 2.05) is 36.1 Å². The van der Waals surface area contributed by atoms with Gasteiger partial charge in [-0.15, -0.1) is 0 Å². The van der Waals surface area contributed by atoms with Gasteiger partial charge in [0.1, 0.15) is 5.82 Å². The highest BCUT2D eigenvalue weighted by atomic mass is 16.2. The molecule has 1 amide bonds. The Morgan fingerprint density at radius 3 is 2.65 bits per heavy atom. The minimum Gasteiger partial charge on any atom is -0.370 e. The van der Waals surface area contributed by atoms with E-state index in [1.54, 1.807) is 6.20 Å². The van der Waals surface area contributed by atoms with Gasteiger partial charge in [-0.1, -0.05) is 24.3 Å². The molecule has 1 fully saturated rings. The van der Waals surface area contributed by atoms with Crippen molar-refractivity contribution in [3.8, 4) is 0 Å². The summed E-state index contributed by atoms with van der Waals surface area (Å²) in [6.07, 6.45) is 3.92. The maximum absolute atomic E-state index is 12.6. The van der Waals surface area contributed by atoms with E-state index < -0.39 is 0 Å². The zero-order valence-corrected chi connectivity index (χ0v) is 11.7. The van der Waals surface area contributed by atoms with Crippen LogP contribution < -0.4 is 5.32 Å². The number of pyridine rings is 1. The molecule has 0 saturated carbocycles. The normalized spacial score (nSPS) is 14.8. The number of hydrogen-bond acceptors (Lipinski definition) is 3. The van der Waals surface area contributed by atoms with Crippen molar-refractivity contribution in [1.29, 1.82) is 0 Å². The average Bonchev–Trinajstić information content (AvgIpc) is 3.01. The van der Waals surface area contributed by atoms with Crippen LogP contribution in [-0.2, 0) is 0 Å². The van der Waals surface area contributed by atoms with Crippen molar-refractivity contribution in [2.45, 2.75) is 19.8 Å². The monoisotopic (exact) mass is 269 g/mol. The Morgan fingerprint density at radius 1 is 1.25 bits per heavy atom. The third kappa shape index (κ3) is 2.22. The van der Waals surface area contributed by atoms with Crippen molar-refractivity contribution in [2.24, 2.45) is 0 Å². The summed E-state index contributed by atoms with van der Waals surface area (Å²) in [5.41, 5.74) is 0.712. The fourth-order valence-electron chi connectivity index (χ4n) is 2.76. The van der Waals surface area contributed by atoms with Gasteiger partial charge in [-0.05, 0) is 25.2 Å². The van der Waals surface area contributed by atoms with Gasteiger partial charge in [-0.3, -0.25) is 4.79 Å². The van der Waals surface area contributed by atoms with E-state index in [0.29, 0.717) is 5.56 Å². The van der Waals surface area contributed by atoms with Crippen LogP contribution in [0.25, 0.3) is 10.8 Å². The minimum atomic E-state index is 0.106. The van der Waals surface area contributed by atoms with Crippen molar-refractivity contribution in [2.75, 3.05) is 25.0 Å². The molecule has 0 unspecified atom stereocenters. The van der Waals surface area contributed by atoms with Crippen LogP contribution in [0.4, 0.5) is 5.82 Å². The number of carbonyl (C=O) groups is 1. The first-order valence-corrected chi connectivity index (χ1v) is 7.22. The van der Waals surface area contributed by atoms with Crippen LogP contribution in [-0.4, -0.2) is 35.4 Å². The largest absolute Gasteiger partial charge is 0.370 e. The number of likely N-dealkylation sites (tertiary alicyclic amines) is 1. The number of rotatable bonds is 3. The zero-order valence-electron chi connectivity index (χ0n) is 11.7. The summed E-state index contributed by atoms with van der Waals surface area (Å²) in [5.74, 6) is 0.954. The molecule has 0 atom stereocenters. The number of fused-ring (bicyclic) bond motifs is 1. The zero-order chi connectivity index (χ0) is 13.9. The SMILES string of the molecule is CCNc1ncc(C(=O)N2CCCC2)c2ccccc12. The molecule has 3 rings (SSSR count). The Kier molecular flexibility index (Phi) is 3.54. The third-order valence-electron chi connectivity index (χ3n) is 3.76. The molecule has 1 aromatic heterocycles. The van der Waals surface area contributed by atoms with E-state index in [9.17, 15) is 4.79 Å². The summed E-state index contributed by atoms with van der Waals surface area (Å²) < 4.78 is 0. The molecule has 0 aliphatic carbocycles. The van der Waals surface area contributed by atoms with Crippen LogP contribution in [0.15, 0.2) is 30.5 Å². The van der Waals surface area contributed by atoms with Crippen molar-refractivity contribution in [3.63, 3.8) is 0 Å². The quantitative estimate of drug-likeness (QED) is 0.932. The second kappa shape index (κ2) is 5.49. The van der Waals surface area contributed by atoms with E-state index in [4.69, 9.17) is 0 Å². The first-order chi connectivity index (χ1) is 9.81. The fourth-order valence-corrected chi connectivity index (χ4v) is 2.76. The number of anilines is 1. The molecule has 4 heteroatoms. The first kappa shape index (κ1) is 12.9. The molecule has 1 aromatic carbocycles. The molecule has 4 nitrogen and oxygen atoms in total. The number of carbonyl (C=O) groups excluding carboxylic acids is 1. The van der Waals surface area contributed by atoms with Gasteiger partial charge < -0.3 is 10.2 Å². The van der Waals surface area contributed by atoms with Crippen molar-refractivity contribution in [3.05, 3.63) is 36.0 Å². The smallest absolute Gasteiger partial charge is 0.256 e. The molecule has 104 valence electrons. The van der Waals surface area contributed by atoms with Gasteiger partial charge in [-0.25, -0.2) is 4.98 Å². The number of benzene rings is 1. The molecule has 2 heterocycles. The molecule has 1 N–H and O–H groups in total. The summed E-state index contributed by atoms with van der Waals surface area (Å²) >= 11 is 0. The maximum atomic E-state index is 12.6. The highest BCUT2D eigenvalue weighted by Crippen LogP contribution is 2.26. The van der Waals surface area contributed by atoms with Crippen molar-refractivity contribution in [1.82, 2.24) is 9.88 Å². The Labute approximate surface area is 118 Å². The van der Waals surface area contributed by atoms with Gasteiger partial charge in [0.25, 0.3) is 5.91 Å². The van der Waals surface area contributed by atoms with E-state index in [2.05, 4.69) is 10.3 Å². The van der Waals surface area contributed by atoms with Crippen LogP contribution in [0.2, 0.25) is 0 Å². The van der Waals surface area contributed by atoms with Crippen molar-refractivity contribution >= 4 is 22.5 Å². The van der Waals surface area contributed by atoms with Crippen LogP contribution in [0, 0.1) is 0 Å². The van der Waals surface area contributed by atoms with Gasteiger partial charge in [-0.2, -0.15) is 0 Å². The van der Waals surface area contributed by atoms with Crippen molar-refractivity contribution < 1.29 is 4.79 Å². The predicted molar refractivity (Wildman–Crippen MR) is 81.0 cm³/mol. The second-order valence-electron chi connectivity index (χ2n) is 5.10. The van der Waals surface area contributed by atoms with E-state index >= 15 is 0 Å². The lowest BCUT2D eigenvalue weighted by Crippen LogP contribution is -2.28. The van der Waals surface area contributed by atoms with Crippen LogP contribution in [0.1, 0.15) is 30.1 Å². The van der Waals surface area contributed by atoms with Gasteiger partial charge in [0.2, 0.25) is 0 Å². The van der Waals surface area contributed by atoms with E-state index in [-0.39, 0.29) is 5.91 Å². The summed E-state index contributed by atoms with van der Waals surface area (Å²) in [4.78, 5) is 19.0. The Hall–Kier alpha value is -2.10. The number of amides is 1. The van der Waals surface area contributed by atoms with Crippen LogP contribution in [0.3, 0.4) is 0 Å². The molecule has 0 bridgehead atoms. The molecule has 1 saturated heterocycles. The highest BCUT2D eigenvalue weighted by Gasteiger charge is 2.22. The Bertz CT molecular complexity index is 633. The molecule has 0 spiro atoms. The fraction of sp³-hybridized carbons (Fsp3) is 0.375. The number of nitrogens with zero attached hydrogens (tertiary/aromatic N) is 2. The number of hydrogen-bond donors (Lipinski definition) is 1. The lowest BCUT2D eigenvalue weighted by Gasteiger charge is -2.17. The average molecular weight is 269 g/mol. The molecular weight excluding hydrogens is 250 g/mol. The number of nitrogens with one attached hydrogen (secondary N) is 1. The summed E-state index contributed by atoms with van der Waals surface area (Å²) in [6, 6.07) is 7.97. The number of aromatic nitrogens is 1. The molecular formula is C16H19N3O. The molecule has 1 aliphatic heterocycles. The lowest BCUT2D eigenvalue weighted by atomic mass is 10.1. The molecule has 0 radical (unpaired) electrons. The van der Waals surface area contributed by atoms with Gasteiger partial charge >= 0.3 is 0 Å². The van der Waals surface area contributed by atoms with Gasteiger partial charge in [0.05, 0.1) is 5.56 Å². The second-order valence-corrected chi connectivity index (χ2v) is 5.10. The maximum Gasteiger partial charge on any atom is 0.256 e. The van der Waals surface area contributed by atoms with Gasteiger partial charge in [0.15, 0.2) is 0 Å². The third-order valence-corrected chi connectivity index (χ3v) is 3.76. The summed E-state index contributed by atoms with van der Waals surface area (Å²) in [7, 11) is 0. The molecule has 2 aromatic rings. The van der Waals surface area contributed by atoms with E-state index in [1.165, 1.54) is 0 Å². The Balaban J connectivity index is 2.07. The van der Waals surface area contributed by atoms with E-state index in [0.717, 1.165) is 49.1 Å². The standard InChI is InChI=1S/C16H19N3O/c1-2-17-15-13-8-4-3-7-12(13)14(11-18-15)16(20)19-9-5-6-10-19/h3-4,7-8,11H,2,5-6,9-10H2,1H3,(H,17,18). The first-order valence-electron chi connectivity index (χ1n) is 7.22. The van der Waals surface area contributed by atoms with Gasteiger partial charge in [0, 0.05) is 31.2 Å². The summed E-state index contributed by atoms with van der Waals surface area (Å²) in [6.45, 7) is 4.58. The van der Waals surface area contributed by atoms with Crippen LogP contribution in [0.5, 0.6) is 0 Å². The highest BCUT2D eigenvalue weighted by molar-refractivity contribution is 6.09. The van der Waals surface area contributed by atoms with Crippen LogP contribution >= 0.6 is 0 Å². The Morgan fingerprint density at radius 2 is 1.95 bits per heavy atom. The lowest BCUT2D eigenvalue weighted by molar-refractivity contribution is 0.0794. The minimum absolute atomic E-state index is 0.106. The molecule has 1 aliphatic rings. The topological polar surface area (TPSA) is 45.2 Å². The predicted octanol–water partition coefficient (Wildman–Crippen LogP) is 2.90.